The molecule has 0 aliphatic carbocycles. The van der Waals surface area contributed by atoms with Crippen LogP contribution in [0.3, 0.4) is 0 Å². The summed E-state index contributed by atoms with van der Waals surface area (Å²) < 4.78 is 27.6. The summed E-state index contributed by atoms with van der Waals surface area (Å²) in [6.45, 7) is 0. The van der Waals surface area contributed by atoms with Gasteiger partial charge in [0.05, 0.1) is 10.9 Å². The predicted molar refractivity (Wildman–Crippen MR) is 109 cm³/mol. The maximum Gasteiger partial charge on any atom is 0.348 e. The number of halogens is 2. The topological polar surface area (TPSA) is 92.2 Å². The van der Waals surface area contributed by atoms with Crippen LogP contribution in [0.25, 0.3) is 10.9 Å². The van der Waals surface area contributed by atoms with E-state index >= 15 is 0 Å². The normalized spacial score (nSPS) is 10.8. The van der Waals surface area contributed by atoms with Gasteiger partial charge in [-0.05, 0) is 30.3 Å². The molecule has 1 heterocycles. The van der Waals surface area contributed by atoms with Gasteiger partial charge < -0.3 is 4.98 Å². The number of nitrogens with one attached hydrogen (secondary N) is 1. The second-order valence-electron chi connectivity index (χ2n) is 6.51. The van der Waals surface area contributed by atoms with E-state index in [4.69, 9.17) is 0 Å². The van der Waals surface area contributed by atoms with Crippen molar-refractivity contribution in [1.29, 1.82) is 0 Å². The molecule has 31 heavy (non-hydrogen) atoms. The third-order valence-corrected chi connectivity index (χ3v) is 4.54. The molecule has 9 heteroatoms. The molecule has 1 N–H and O–H groups in total. The van der Waals surface area contributed by atoms with Gasteiger partial charge in [-0.1, -0.05) is 36.4 Å². The number of carbonyl (C=O) groups is 2. The first-order valence-corrected chi connectivity index (χ1v) is 9.01. The summed E-state index contributed by atoms with van der Waals surface area (Å²) in [4.78, 5) is 54.3. The lowest BCUT2D eigenvalue weighted by atomic mass is 10.1. The van der Waals surface area contributed by atoms with Crippen LogP contribution < -0.4 is 16.3 Å². The predicted octanol–water partition coefficient (Wildman–Crippen LogP) is 2.59. The van der Waals surface area contributed by atoms with Crippen LogP contribution in [0.4, 0.5) is 8.78 Å². The molecule has 0 fully saturated rings. The number of benzene rings is 3. The van der Waals surface area contributed by atoms with Crippen LogP contribution in [0.5, 0.6) is 0 Å². The molecule has 0 aliphatic rings. The number of aromatic nitrogens is 2. The van der Waals surface area contributed by atoms with Crippen LogP contribution in [0.1, 0.15) is 20.7 Å². The molecule has 0 atom stereocenters. The van der Waals surface area contributed by atoms with Crippen LogP contribution in [0.15, 0.2) is 82.4 Å². The third-order valence-electron chi connectivity index (χ3n) is 4.54. The zero-order valence-electron chi connectivity index (χ0n) is 15.7. The molecule has 3 aromatic carbocycles. The number of hydrogen-bond donors (Lipinski definition) is 1. The molecule has 4 aromatic rings. The van der Waals surface area contributed by atoms with Crippen LogP contribution in [0, 0.1) is 11.6 Å². The number of nitrogens with zero attached hydrogens (tertiary/aromatic N) is 2. The van der Waals surface area contributed by atoms with E-state index in [1.165, 1.54) is 24.3 Å². The average Bonchev–Trinajstić information content (AvgIpc) is 2.78. The first-order chi connectivity index (χ1) is 14.9. The summed E-state index contributed by atoms with van der Waals surface area (Å²) in [6.07, 6.45) is 0. The number of hydrogen-bond acceptors (Lipinski definition) is 4. The Kier molecular flexibility index (Phi) is 5.00. The van der Waals surface area contributed by atoms with Crippen molar-refractivity contribution >= 4 is 22.7 Å². The molecule has 0 spiro atoms. The van der Waals surface area contributed by atoms with Gasteiger partial charge in [0.25, 0.3) is 17.4 Å². The molecule has 1 aromatic heterocycles. The highest BCUT2D eigenvalue weighted by Crippen LogP contribution is 2.14. The number of rotatable bonds is 3. The summed E-state index contributed by atoms with van der Waals surface area (Å²) in [5.41, 5.74) is -2.54. The third kappa shape index (κ3) is 3.52. The van der Waals surface area contributed by atoms with Gasteiger partial charge in [0.1, 0.15) is 0 Å². The Hall–Kier alpha value is -4.40. The van der Waals surface area contributed by atoms with Crippen molar-refractivity contribution in [2.75, 3.05) is 5.01 Å². The maximum atomic E-state index is 13.7. The molecular weight excluding hydrogens is 408 g/mol. The Morgan fingerprint density at radius 3 is 1.77 bits per heavy atom. The van der Waals surface area contributed by atoms with E-state index in [9.17, 15) is 28.0 Å². The van der Waals surface area contributed by atoms with Gasteiger partial charge in [0, 0.05) is 17.2 Å². The molecule has 154 valence electrons. The summed E-state index contributed by atoms with van der Waals surface area (Å²) in [7, 11) is 0. The van der Waals surface area contributed by atoms with Gasteiger partial charge in [-0.15, -0.1) is 0 Å². The molecule has 7 nitrogen and oxygen atoms in total. The van der Waals surface area contributed by atoms with Crippen molar-refractivity contribution in [2.24, 2.45) is 0 Å². The molecule has 2 amide bonds. The van der Waals surface area contributed by atoms with Crippen molar-refractivity contribution in [2.45, 2.75) is 0 Å². The van der Waals surface area contributed by atoms with E-state index in [1.54, 1.807) is 36.4 Å². The van der Waals surface area contributed by atoms with E-state index < -0.39 is 40.1 Å². The van der Waals surface area contributed by atoms with E-state index in [1.807, 2.05) is 0 Å². The van der Waals surface area contributed by atoms with Crippen LogP contribution in [-0.4, -0.2) is 21.5 Å². The lowest BCUT2D eigenvalue weighted by Crippen LogP contribution is -2.56. The molecule has 4 rings (SSSR count). The summed E-state index contributed by atoms with van der Waals surface area (Å²) in [6, 6.07) is 16.3. The molecule has 0 bridgehead atoms. The van der Waals surface area contributed by atoms with Gasteiger partial charge in [0.2, 0.25) is 0 Å². The fourth-order valence-electron chi connectivity index (χ4n) is 3.06. The molecular formula is C22H13F2N3O4. The van der Waals surface area contributed by atoms with Crippen molar-refractivity contribution in [3.63, 3.8) is 0 Å². The summed E-state index contributed by atoms with van der Waals surface area (Å²) in [5.74, 6) is -4.50. The van der Waals surface area contributed by atoms with Crippen LogP contribution >= 0.6 is 0 Å². The van der Waals surface area contributed by atoms with E-state index in [0.717, 1.165) is 0 Å². The van der Waals surface area contributed by atoms with E-state index in [2.05, 4.69) is 4.98 Å². The fraction of sp³-hybridized carbons (Fsp3) is 0. The van der Waals surface area contributed by atoms with Gasteiger partial charge in [-0.3, -0.25) is 14.4 Å². The fourth-order valence-corrected chi connectivity index (χ4v) is 3.06. The SMILES string of the molecule is O=C(c1ccccc1)N(C(=O)c1ccccc1)n1c(=O)[nH]c2cc(F)c(F)cc2c1=O. The number of H-pyrrole nitrogens is 1. The minimum absolute atomic E-state index is 0.0310. The van der Waals surface area contributed by atoms with Gasteiger partial charge in [-0.2, -0.15) is 9.69 Å². The van der Waals surface area contributed by atoms with Crippen molar-refractivity contribution in [3.8, 4) is 0 Å². The highest BCUT2D eigenvalue weighted by molar-refractivity contribution is 6.20. The van der Waals surface area contributed by atoms with Gasteiger partial charge in [-0.25, -0.2) is 13.6 Å². The summed E-state index contributed by atoms with van der Waals surface area (Å²) in [5, 5.41) is -0.0303. The Bertz CT molecular complexity index is 1380. The highest BCUT2D eigenvalue weighted by atomic mass is 19.2. The molecule has 0 saturated carbocycles. The van der Waals surface area contributed by atoms with Crippen LogP contribution in [-0.2, 0) is 0 Å². The second kappa shape index (κ2) is 7.79. The van der Waals surface area contributed by atoms with Gasteiger partial charge >= 0.3 is 5.69 Å². The number of amides is 2. The molecule has 0 radical (unpaired) electrons. The Morgan fingerprint density at radius 2 is 1.26 bits per heavy atom. The minimum Gasteiger partial charge on any atom is -0.305 e. The standard InChI is InChI=1S/C22H13F2N3O4/c23-16-11-15-18(12-17(16)24)25-22(31)27(21(15)30)26(19(28)13-7-3-1-4-8-13)20(29)14-9-5-2-6-10-14/h1-12H,(H,25,31). The molecule has 0 unspecified atom stereocenters. The lowest BCUT2D eigenvalue weighted by Gasteiger charge is -2.22. The highest BCUT2D eigenvalue weighted by Gasteiger charge is 2.29. The first-order valence-electron chi connectivity index (χ1n) is 9.01. The Labute approximate surface area is 172 Å². The maximum absolute atomic E-state index is 13.7. The monoisotopic (exact) mass is 421 g/mol. The van der Waals surface area contributed by atoms with Crippen molar-refractivity contribution in [3.05, 3.63) is 116 Å². The Morgan fingerprint density at radius 1 is 0.774 bits per heavy atom. The van der Waals surface area contributed by atoms with Gasteiger partial charge in [0.15, 0.2) is 11.6 Å². The smallest absolute Gasteiger partial charge is 0.305 e. The van der Waals surface area contributed by atoms with E-state index in [0.29, 0.717) is 17.1 Å². The lowest BCUT2D eigenvalue weighted by molar-refractivity contribution is 0.0852. The number of carbonyl (C=O) groups excluding carboxylic acids is 2. The number of imide groups is 1. The zero-order chi connectivity index (χ0) is 22.1. The first kappa shape index (κ1) is 19.9. The number of fused-ring (bicyclic) bond motifs is 1. The molecule has 0 aliphatic heterocycles. The largest absolute Gasteiger partial charge is 0.348 e. The van der Waals surface area contributed by atoms with Crippen LogP contribution in [0.2, 0.25) is 0 Å². The Balaban J connectivity index is 2.00. The number of aromatic amines is 1. The van der Waals surface area contributed by atoms with Crippen molar-refractivity contribution < 1.29 is 18.4 Å². The zero-order valence-corrected chi connectivity index (χ0v) is 15.7. The second-order valence-corrected chi connectivity index (χ2v) is 6.51. The van der Waals surface area contributed by atoms with E-state index in [-0.39, 0.29) is 21.3 Å². The average molecular weight is 421 g/mol. The minimum atomic E-state index is -1.32. The molecule has 0 saturated heterocycles. The van der Waals surface area contributed by atoms with Crippen molar-refractivity contribution in [1.82, 2.24) is 9.66 Å². The summed E-state index contributed by atoms with van der Waals surface area (Å²) >= 11 is 0. The quantitative estimate of drug-likeness (QED) is 0.515.